The van der Waals surface area contributed by atoms with Crippen LogP contribution < -0.4 is 0 Å². The monoisotopic (exact) mass is 448 g/mol. The third-order valence-corrected chi connectivity index (χ3v) is 6.33. The highest BCUT2D eigenvalue weighted by Crippen LogP contribution is 2.26. The van der Waals surface area contributed by atoms with Crippen molar-refractivity contribution in [2.45, 2.75) is 77.0 Å². The molecule has 1 aromatic rings. The van der Waals surface area contributed by atoms with Gasteiger partial charge >= 0.3 is 6.09 Å². The van der Waals surface area contributed by atoms with Gasteiger partial charge in [0.2, 0.25) is 0 Å². The van der Waals surface area contributed by atoms with Crippen LogP contribution in [0.4, 0.5) is 4.79 Å². The van der Waals surface area contributed by atoms with E-state index in [1.54, 1.807) is 7.11 Å². The maximum atomic E-state index is 12.6. The number of hydrogen-bond donors (Lipinski definition) is 0. The summed E-state index contributed by atoms with van der Waals surface area (Å²) in [5, 5.41) is 0. The first-order valence-corrected chi connectivity index (χ1v) is 12.4. The molecule has 6 heteroatoms. The van der Waals surface area contributed by atoms with Gasteiger partial charge in [-0.1, -0.05) is 43.2 Å². The summed E-state index contributed by atoms with van der Waals surface area (Å²) < 4.78 is 16.8. The van der Waals surface area contributed by atoms with Gasteiger partial charge in [-0.3, -0.25) is 0 Å². The van der Waals surface area contributed by atoms with Gasteiger partial charge in [-0.15, -0.1) is 0 Å². The highest BCUT2D eigenvalue weighted by atomic mass is 16.6. The smallest absolute Gasteiger partial charge is 0.410 e. The Hall–Kier alpha value is -1.63. The highest BCUT2D eigenvalue weighted by molar-refractivity contribution is 5.68. The van der Waals surface area contributed by atoms with E-state index in [0.717, 1.165) is 64.0 Å². The molecule has 182 valence electrons. The van der Waals surface area contributed by atoms with Crippen LogP contribution in [0.2, 0.25) is 0 Å². The topological polar surface area (TPSA) is 51.2 Å². The molecule has 0 radical (unpaired) electrons. The summed E-state index contributed by atoms with van der Waals surface area (Å²) >= 11 is 0. The van der Waals surface area contributed by atoms with Crippen molar-refractivity contribution in [3.63, 3.8) is 0 Å². The molecule has 32 heavy (non-hydrogen) atoms. The second kappa shape index (κ2) is 16.1. The number of carbonyl (C=O) groups is 1. The zero-order valence-corrected chi connectivity index (χ0v) is 20.5. The fraction of sp³-hybridized carbons (Fsp3) is 0.731. The summed E-state index contributed by atoms with van der Waals surface area (Å²) in [5.41, 5.74) is 1.02. The summed E-state index contributed by atoms with van der Waals surface area (Å²) in [5.74, 6) is 0. The largest absolute Gasteiger partial charge is 0.445 e. The van der Waals surface area contributed by atoms with Gasteiger partial charge in [0.05, 0.1) is 12.7 Å². The van der Waals surface area contributed by atoms with E-state index in [-0.39, 0.29) is 12.1 Å². The summed E-state index contributed by atoms with van der Waals surface area (Å²) in [4.78, 5) is 16.8. The molecular formula is C26H44N2O4. The second-order valence-electron chi connectivity index (χ2n) is 8.84. The number of hydrogen-bond acceptors (Lipinski definition) is 5. The van der Waals surface area contributed by atoms with Gasteiger partial charge in [0.1, 0.15) is 6.61 Å². The molecule has 0 atom stereocenters. The molecule has 0 bridgehead atoms. The SMILES string of the molecule is CCN(C(=O)OCc1ccccc1)[C@H]1CC[C@H](OCCCCCCN(C)CCOC)CC1. The zero-order chi connectivity index (χ0) is 23.0. The van der Waals surface area contributed by atoms with Crippen LogP contribution in [0.3, 0.4) is 0 Å². The molecule has 1 amide bonds. The number of unbranched alkanes of at least 4 members (excludes halogenated alkanes) is 3. The van der Waals surface area contributed by atoms with Crippen LogP contribution in [-0.4, -0.2) is 75.0 Å². The first-order valence-electron chi connectivity index (χ1n) is 12.4. The zero-order valence-electron chi connectivity index (χ0n) is 20.5. The molecule has 1 aliphatic carbocycles. The molecule has 0 saturated heterocycles. The van der Waals surface area contributed by atoms with E-state index in [0.29, 0.717) is 19.3 Å². The fourth-order valence-corrected chi connectivity index (χ4v) is 4.31. The molecule has 2 rings (SSSR count). The maximum absolute atomic E-state index is 12.6. The Kier molecular flexibility index (Phi) is 13.4. The molecule has 0 aromatic heterocycles. The lowest BCUT2D eigenvalue weighted by molar-refractivity contribution is 0.00401. The number of methoxy groups -OCH3 is 1. The standard InChI is InChI=1S/C26H44N2O4/c1-4-28(26(29)32-22-23-12-8-7-9-13-23)24-14-16-25(17-15-24)31-20-11-6-5-10-18-27(2)19-21-30-3/h7-9,12-13,24-25H,4-6,10-11,14-22H2,1-3H3/t24-,25-. The number of amides is 1. The Bertz CT molecular complexity index is 605. The second-order valence-corrected chi connectivity index (χ2v) is 8.84. The lowest BCUT2D eigenvalue weighted by Gasteiger charge is -2.35. The van der Waals surface area contributed by atoms with Crippen LogP contribution in [-0.2, 0) is 20.8 Å². The Morgan fingerprint density at radius 1 is 0.969 bits per heavy atom. The molecule has 1 aromatic carbocycles. The van der Waals surface area contributed by atoms with Crippen molar-refractivity contribution in [1.29, 1.82) is 0 Å². The quantitative estimate of drug-likeness (QED) is 0.349. The Morgan fingerprint density at radius 3 is 2.38 bits per heavy atom. The molecule has 6 nitrogen and oxygen atoms in total. The van der Waals surface area contributed by atoms with Crippen LogP contribution in [0.25, 0.3) is 0 Å². The number of rotatable bonds is 15. The number of carbonyl (C=O) groups excluding carboxylic acids is 1. The Morgan fingerprint density at radius 2 is 1.69 bits per heavy atom. The maximum Gasteiger partial charge on any atom is 0.410 e. The number of benzene rings is 1. The summed E-state index contributed by atoms with van der Waals surface area (Å²) in [6.07, 6.45) is 9.02. The third-order valence-electron chi connectivity index (χ3n) is 6.33. The van der Waals surface area contributed by atoms with Crippen molar-refractivity contribution < 1.29 is 19.0 Å². The first kappa shape index (κ1) is 26.6. The minimum absolute atomic E-state index is 0.200. The van der Waals surface area contributed by atoms with Gasteiger partial charge in [0.25, 0.3) is 0 Å². The number of likely N-dealkylation sites (N-methyl/N-ethyl adjacent to an activating group) is 1. The van der Waals surface area contributed by atoms with Crippen molar-refractivity contribution in [3.05, 3.63) is 35.9 Å². The van der Waals surface area contributed by atoms with Crippen LogP contribution in [0.5, 0.6) is 0 Å². The predicted molar refractivity (Wildman–Crippen MR) is 129 cm³/mol. The number of ether oxygens (including phenoxy) is 3. The van der Waals surface area contributed by atoms with Gasteiger partial charge in [-0.2, -0.15) is 0 Å². The van der Waals surface area contributed by atoms with Crippen molar-refractivity contribution >= 4 is 6.09 Å². The molecular weight excluding hydrogens is 404 g/mol. The van der Waals surface area contributed by atoms with Crippen molar-refractivity contribution in [2.24, 2.45) is 0 Å². The van der Waals surface area contributed by atoms with E-state index < -0.39 is 0 Å². The Balaban J connectivity index is 1.54. The molecule has 1 fully saturated rings. The molecule has 1 saturated carbocycles. The Labute approximate surface area is 195 Å². The minimum atomic E-state index is -0.200. The van der Waals surface area contributed by atoms with Crippen molar-refractivity contribution in [3.8, 4) is 0 Å². The molecule has 1 aliphatic rings. The van der Waals surface area contributed by atoms with E-state index in [9.17, 15) is 4.79 Å². The van der Waals surface area contributed by atoms with Crippen LogP contribution in [0.15, 0.2) is 30.3 Å². The van der Waals surface area contributed by atoms with E-state index in [1.165, 1.54) is 19.3 Å². The average molecular weight is 449 g/mol. The van der Waals surface area contributed by atoms with Gasteiger partial charge in [0, 0.05) is 32.8 Å². The van der Waals surface area contributed by atoms with Crippen LogP contribution >= 0.6 is 0 Å². The molecule has 0 heterocycles. The normalized spacial score (nSPS) is 18.6. The lowest BCUT2D eigenvalue weighted by Crippen LogP contribution is -2.43. The van der Waals surface area contributed by atoms with E-state index in [2.05, 4.69) is 11.9 Å². The van der Waals surface area contributed by atoms with Crippen LogP contribution in [0.1, 0.15) is 63.9 Å². The molecule has 0 unspecified atom stereocenters. The summed E-state index contributed by atoms with van der Waals surface area (Å²) in [6, 6.07) is 10.1. The molecule has 0 aliphatic heterocycles. The van der Waals surface area contributed by atoms with Gasteiger partial charge in [-0.05, 0) is 64.6 Å². The van der Waals surface area contributed by atoms with Crippen molar-refractivity contribution in [1.82, 2.24) is 9.80 Å². The van der Waals surface area contributed by atoms with E-state index in [4.69, 9.17) is 14.2 Å². The fourth-order valence-electron chi connectivity index (χ4n) is 4.31. The average Bonchev–Trinajstić information content (AvgIpc) is 2.82. The minimum Gasteiger partial charge on any atom is -0.445 e. The lowest BCUT2D eigenvalue weighted by atomic mass is 9.92. The highest BCUT2D eigenvalue weighted by Gasteiger charge is 2.29. The van der Waals surface area contributed by atoms with E-state index >= 15 is 0 Å². The summed E-state index contributed by atoms with van der Waals surface area (Å²) in [7, 11) is 3.91. The third kappa shape index (κ3) is 10.3. The molecule has 0 spiro atoms. The van der Waals surface area contributed by atoms with Gasteiger partial charge < -0.3 is 24.0 Å². The van der Waals surface area contributed by atoms with Crippen LogP contribution in [0, 0.1) is 0 Å². The number of nitrogens with zero attached hydrogens (tertiary/aromatic N) is 2. The van der Waals surface area contributed by atoms with Gasteiger partial charge in [0.15, 0.2) is 0 Å². The van der Waals surface area contributed by atoms with E-state index in [1.807, 2.05) is 42.2 Å². The van der Waals surface area contributed by atoms with Gasteiger partial charge in [-0.25, -0.2) is 4.79 Å². The predicted octanol–water partition coefficient (Wildman–Crippen LogP) is 5.11. The summed E-state index contributed by atoms with van der Waals surface area (Å²) in [6.45, 7) is 6.84. The molecule has 0 N–H and O–H groups in total. The van der Waals surface area contributed by atoms with Crippen molar-refractivity contribution in [2.75, 3.05) is 47.0 Å². The first-order chi connectivity index (χ1) is 15.6.